The van der Waals surface area contributed by atoms with Crippen molar-refractivity contribution in [1.29, 1.82) is 0 Å². The Bertz CT molecular complexity index is 529. The molecule has 0 aliphatic heterocycles. The van der Waals surface area contributed by atoms with Gasteiger partial charge in [-0.05, 0) is 12.5 Å². The first kappa shape index (κ1) is 14.6. The van der Waals surface area contributed by atoms with Gasteiger partial charge in [0.2, 0.25) is 0 Å². The molecule has 0 amide bonds. The van der Waals surface area contributed by atoms with E-state index in [4.69, 9.17) is 5.11 Å². The van der Waals surface area contributed by atoms with Crippen molar-refractivity contribution in [2.45, 2.75) is 25.6 Å². The maximum Gasteiger partial charge on any atom is 0.0965 e. The molecule has 1 unspecified atom stereocenters. The second kappa shape index (κ2) is 6.60. The van der Waals surface area contributed by atoms with E-state index in [-0.39, 0.29) is 13.2 Å². The molecule has 0 fully saturated rings. The summed E-state index contributed by atoms with van der Waals surface area (Å²) in [5.41, 5.74) is 1.27. The molecule has 0 bridgehead atoms. The lowest BCUT2D eigenvalue weighted by atomic mass is 9.93. The van der Waals surface area contributed by atoms with Gasteiger partial charge in [0.05, 0.1) is 31.0 Å². The summed E-state index contributed by atoms with van der Waals surface area (Å²) in [5.74, 6) is 0. The third kappa shape index (κ3) is 3.41. The Hall–Kier alpha value is -1.76. The largest absolute Gasteiger partial charge is 0.394 e. The van der Waals surface area contributed by atoms with Gasteiger partial charge in [0.25, 0.3) is 0 Å². The van der Waals surface area contributed by atoms with E-state index < -0.39 is 5.54 Å². The molecule has 0 aliphatic carbocycles. The van der Waals surface area contributed by atoms with Crippen LogP contribution in [0.4, 0.5) is 0 Å². The number of aliphatic hydroxyl groups excluding tert-OH is 2. The van der Waals surface area contributed by atoms with Gasteiger partial charge >= 0.3 is 0 Å². The molecule has 3 N–H and O–H groups in total. The van der Waals surface area contributed by atoms with Crippen LogP contribution in [0.1, 0.15) is 18.2 Å². The molecule has 108 valence electrons. The molecule has 1 aromatic heterocycles. The van der Waals surface area contributed by atoms with Gasteiger partial charge in [-0.15, -0.1) is 5.10 Å². The minimum atomic E-state index is -0.526. The zero-order valence-corrected chi connectivity index (χ0v) is 11.5. The molecule has 1 heterocycles. The van der Waals surface area contributed by atoms with Gasteiger partial charge in [-0.2, -0.15) is 0 Å². The Morgan fingerprint density at radius 1 is 1.25 bits per heavy atom. The van der Waals surface area contributed by atoms with Crippen molar-refractivity contribution in [2.75, 3.05) is 13.2 Å². The fourth-order valence-electron chi connectivity index (χ4n) is 1.97. The average molecular weight is 276 g/mol. The first-order valence-electron chi connectivity index (χ1n) is 6.59. The summed E-state index contributed by atoms with van der Waals surface area (Å²) in [6.45, 7) is 2.90. The maximum atomic E-state index is 9.67. The van der Waals surface area contributed by atoms with Crippen LogP contribution in [0.25, 0.3) is 0 Å². The molecule has 6 heteroatoms. The van der Waals surface area contributed by atoms with E-state index in [9.17, 15) is 5.11 Å². The monoisotopic (exact) mass is 276 g/mol. The molecule has 0 spiro atoms. The first-order chi connectivity index (χ1) is 9.68. The lowest BCUT2D eigenvalue weighted by Crippen LogP contribution is -2.42. The summed E-state index contributed by atoms with van der Waals surface area (Å²) in [6.07, 6.45) is 1.78. The van der Waals surface area contributed by atoms with Gasteiger partial charge in [0.15, 0.2) is 0 Å². The number of aromatic nitrogens is 3. The quantitative estimate of drug-likeness (QED) is 0.676. The number of aliphatic hydroxyl groups is 2. The Kier molecular flexibility index (Phi) is 4.84. The summed E-state index contributed by atoms with van der Waals surface area (Å²) in [7, 11) is 0. The highest BCUT2D eigenvalue weighted by molar-refractivity contribution is 5.23. The van der Waals surface area contributed by atoms with Crippen molar-refractivity contribution >= 4 is 0 Å². The standard InChI is InChI=1S/C14H20N4O2/c1-14(11-20,12-5-3-2-4-6-12)15-9-13-10-18(7-8-19)17-16-13/h2-6,10,15,19-20H,7-9,11H2,1H3. The lowest BCUT2D eigenvalue weighted by molar-refractivity contribution is 0.173. The molecule has 6 nitrogen and oxygen atoms in total. The normalized spacial score (nSPS) is 14.2. The highest BCUT2D eigenvalue weighted by Gasteiger charge is 2.25. The SMILES string of the molecule is CC(CO)(NCc1cn(CCO)nn1)c1ccccc1. The van der Waals surface area contributed by atoms with Crippen LogP contribution in [0.5, 0.6) is 0 Å². The van der Waals surface area contributed by atoms with Gasteiger partial charge in [0, 0.05) is 12.7 Å². The second-order valence-electron chi connectivity index (χ2n) is 4.91. The summed E-state index contributed by atoms with van der Waals surface area (Å²) in [5, 5.41) is 29.7. The maximum absolute atomic E-state index is 9.67. The van der Waals surface area contributed by atoms with E-state index in [1.807, 2.05) is 37.3 Å². The van der Waals surface area contributed by atoms with Crippen molar-refractivity contribution in [1.82, 2.24) is 20.3 Å². The zero-order chi connectivity index (χ0) is 14.4. The Balaban J connectivity index is 2.03. The van der Waals surface area contributed by atoms with Crippen molar-refractivity contribution in [2.24, 2.45) is 0 Å². The zero-order valence-electron chi connectivity index (χ0n) is 11.5. The van der Waals surface area contributed by atoms with Gasteiger partial charge in [-0.25, -0.2) is 4.68 Å². The first-order valence-corrected chi connectivity index (χ1v) is 6.59. The van der Waals surface area contributed by atoms with E-state index in [0.29, 0.717) is 13.1 Å². The van der Waals surface area contributed by atoms with Crippen molar-refractivity contribution in [3.63, 3.8) is 0 Å². The molecule has 0 radical (unpaired) electrons. The number of hydrogen-bond donors (Lipinski definition) is 3. The summed E-state index contributed by atoms with van der Waals surface area (Å²) >= 11 is 0. The number of nitrogens with one attached hydrogen (secondary N) is 1. The van der Waals surface area contributed by atoms with Crippen LogP contribution in [-0.4, -0.2) is 38.4 Å². The number of rotatable bonds is 7. The van der Waals surface area contributed by atoms with Crippen molar-refractivity contribution in [3.05, 3.63) is 47.8 Å². The molecular weight excluding hydrogens is 256 g/mol. The predicted molar refractivity (Wildman–Crippen MR) is 74.8 cm³/mol. The van der Waals surface area contributed by atoms with Crippen LogP contribution in [0, 0.1) is 0 Å². The summed E-state index contributed by atoms with van der Waals surface area (Å²) < 4.78 is 1.59. The van der Waals surface area contributed by atoms with Crippen LogP contribution in [0.15, 0.2) is 36.5 Å². The predicted octanol–water partition coefficient (Wildman–Crippen LogP) is 0.268. The Labute approximate surface area is 118 Å². The van der Waals surface area contributed by atoms with Crippen LogP contribution < -0.4 is 5.32 Å². The highest BCUT2D eigenvalue weighted by atomic mass is 16.3. The molecule has 0 aliphatic rings. The van der Waals surface area contributed by atoms with E-state index in [1.165, 1.54) is 0 Å². The molecule has 1 aromatic carbocycles. The molecular formula is C14H20N4O2. The molecule has 20 heavy (non-hydrogen) atoms. The summed E-state index contributed by atoms with van der Waals surface area (Å²) in [4.78, 5) is 0. The fraction of sp³-hybridized carbons (Fsp3) is 0.429. The summed E-state index contributed by atoms with van der Waals surface area (Å²) in [6, 6.07) is 9.80. The van der Waals surface area contributed by atoms with Crippen LogP contribution in [0.2, 0.25) is 0 Å². The van der Waals surface area contributed by atoms with Crippen molar-refractivity contribution in [3.8, 4) is 0 Å². The average Bonchev–Trinajstić information content (AvgIpc) is 2.94. The van der Waals surface area contributed by atoms with Crippen LogP contribution in [-0.2, 0) is 18.6 Å². The van der Waals surface area contributed by atoms with Crippen LogP contribution >= 0.6 is 0 Å². The van der Waals surface area contributed by atoms with Gasteiger partial charge in [-0.1, -0.05) is 35.5 Å². The molecule has 0 saturated heterocycles. The second-order valence-corrected chi connectivity index (χ2v) is 4.91. The Morgan fingerprint density at radius 3 is 2.65 bits per heavy atom. The molecule has 2 aromatic rings. The minimum Gasteiger partial charge on any atom is -0.394 e. The van der Waals surface area contributed by atoms with E-state index in [2.05, 4.69) is 15.6 Å². The molecule has 0 saturated carbocycles. The number of nitrogens with zero attached hydrogens (tertiary/aromatic N) is 3. The van der Waals surface area contributed by atoms with Gasteiger partial charge in [-0.3, -0.25) is 5.32 Å². The third-order valence-electron chi connectivity index (χ3n) is 3.30. The number of benzene rings is 1. The topological polar surface area (TPSA) is 83.2 Å². The van der Waals surface area contributed by atoms with E-state index in [0.717, 1.165) is 11.3 Å². The lowest BCUT2D eigenvalue weighted by Gasteiger charge is -2.29. The fourth-order valence-corrected chi connectivity index (χ4v) is 1.97. The van der Waals surface area contributed by atoms with E-state index >= 15 is 0 Å². The number of hydrogen-bond acceptors (Lipinski definition) is 5. The third-order valence-corrected chi connectivity index (χ3v) is 3.30. The van der Waals surface area contributed by atoms with Crippen molar-refractivity contribution < 1.29 is 10.2 Å². The molecule has 2 rings (SSSR count). The van der Waals surface area contributed by atoms with Crippen LogP contribution in [0.3, 0.4) is 0 Å². The van der Waals surface area contributed by atoms with Gasteiger partial charge in [0.1, 0.15) is 0 Å². The highest BCUT2D eigenvalue weighted by Crippen LogP contribution is 2.20. The van der Waals surface area contributed by atoms with E-state index in [1.54, 1.807) is 10.9 Å². The molecule has 1 atom stereocenters. The smallest absolute Gasteiger partial charge is 0.0965 e. The Morgan fingerprint density at radius 2 is 2.00 bits per heavy atom. The van der Waals surface area contributed by atoms with Gasteiger partial charge < -0.3 is 10.2 Å². The minimum absolute atomic E-state index is 0.0121.